The van der Waals surface area contributed by atoms with Gasteiger partial charge in [0.15, 0.2) is 17.4 Å². The van der Waals surface area contributed by atoms with Crippen molar-refractivity contribution in [1.29, 1.82) is 0 Å². The molecule has 0 aliphatic carbocycles. The molecule has 38 heavy (non-hydrogen) atoms. The quantitative estimate of drug-likeness (QED) is 0.374. The number of morpholine rings is 1. The van der Waals surface area contributed by atoms with Gasteiger partial charge in [0.2, 0.25) is 5.82 Å². The van der Waals surface area contributed by atoms with Gasteiger partial charge in [-0.25, -0.2) is 9.37 Å². The minimum absolute atomic E-state index is 0.125. The van der Waals surface area contributed by atoms with E-state index >= 15 is 4.39 Å². The van der Waals surface area contributed by atoms with Crippen LogP contribution in [0.25, 0.3) is 28.2 Å². The van der Waals surface area contributed by atoms with Crippen LogP contribution in [0, 0.1) is 11.6 Å². The highest BCUT2D eigenvalue weighted by molar-refractivity contribution is 5.77. The number of ether oxygens (including phenoxy) is 2. The number of nitrogen functional groups attached to an aromatic ring is 1. The van der Waals surface area contributed by atoms with Crippen molar-refractivity contribution < 1.29 is 18.3 Å². The van der Waals surface area contributed by atoms with E-state index in [0.29, 0.717) is 25.3 Å². The molecule has 0 bridgehead atoms. The standard InChI is InChI=1S/C26H28F2N8O2/c1-34(2)19-5-3-4-17(14-19)18-15-20(25(29)30-16-18)26-31-32-33-36(26)21-6-7-22(24(28)23(21)27)38-13-10-35-8-11-37-12-9-35/h3-7,14-16H,8-13H2,1-2H3,(H2,29,30). The van der Waals surface area contributed by atoms with Crippen LogP contribution in [0.2, 0.25) is 0 Å². The van der Waals surface area contributed by atoms with Crippen molar-refractivity contribution in [2.45, 2.75) is 0 Å². The first-order valence-corrected chi connectivity index (χ1v) is 12.2. The molecule has 0 radical (unpaired) electrons. The fourth-order valence-electron chi connectivity index (χ4n) is 4.20. The van der Waals surface area contributed by atoms with E-state index in [4.69, 9.17) is 15.2 Å². The van der Waals surface area contributed by atoms with Crippen molar-refractivity contribution in [3.8, 4) is 34.0 Å². The summed E-state index contributed by atoms with van der Waals surface area (Å²) in [5.74, 6) is -2.16. The van der Waals surface area contributed by atoms with Gasteiger partial charge in [-0.1, -0.05) is 12.1 Å². The first-order chi connectivity index (χ1) is 18.4. The smallest absolute Gasteiger partial charge is 0.202 e. The summed E-state index contributed by atoms with van der Waals surface area (Å²) >= 11 is 0. The summed E-state index contributed by atoms with van der Waals surface area (Å²) in [7, 11) is 3.90. The first kappa shape index (κ1) is 25.5. The lowest BCUT2D eigenvalue weighted by molar-refractivity contribution is 0.0320. The van der Waals surface area contributed by atoms with Crippen LogP contribution >= 0.6 is 0 Å². The number of nitrogens with zero attached hydrogens (tertiary/aromatic N) is 7. The Balaban J connectivity index is 1.42. The molecule has 2 aromatic heterocycles. The molecule has 2 aromatic carbocycles. The molecule has 12 heteroatoms. The predicted molar refractivity (Wildman–Crippen MR) is 139 cm³/mol. The summed E-state index contributed by atoms with van der Waals surface area (Å²) in [5.41, 5.74) is 9.05. The van der Waals surface area contributed by atoms with Gasteiger partial charge in [0.1, 0.15) is 18.1 Å². The average molecular weight is 523 g/mol. The second-order valence-corrected chi connectivity index (χ2v) is 9.03. The zero-order valence-corrected chi connectivity index (χ0v) is 21.1. The molecule has 1 saturated heterocycles. The van der Waals surface area contributed by atoms with Crippen molar-refractivity contribution in [2.24, 2.45) is 0 Å². The van der Waals surface area contributed by atoms with E-state index in [1.54, 1.807) is 12.3 Å². The summed E-state index contributed by atoms with van der Waals surface area (Å²) in [6.45, 7) is 3.66. The van der Waals surface area contributed by atoms with E-state index in [2.05, 4.69) is 25.4 Å². The van der Waals surface area contributed by atoms with Gasteiger partial charge in [0.05, 0.1) is 18.8 Å². The molecule has 4 aromatic rings. The number of anilines is 2. The molecule has 10 nitrogen and oxygen atoms in total. The summed E-state index contributed by atoms with van der Waals surface area (Å²) < 4.78 is 42.1. The summed E-state index contributed by atoms with van der Waals surface area (Å²) in [6.07, 6.45) is 1.64. The molecule has 0 atom stereocenters. The van der Waals surface area contributed by atoms with Gasteiger partial charge in [-0.3, -0.25) is 4.90 Å². The predicted octanol–water partition coefficient (Wildman–Crippen LogP) is 3.03. The highest BCUT2D eigenvalue weighted by Gasteiger charge is 2.22. The van der Waals surface area contributed by atoms with Crippen molar-refractivity contribution in [3.05, 3.63) is 60.3 Å². The normalized spacial score (nSPS) is 14.0. The van der Waals surface area contributed by atoms with E-state index in [1.165, 1.54) is 12.1 Å². The topological polar surface area (TPSA) is 107 Å². The third-order valence-corrected chi connectivity index (χ3v) is 6.35. The van der Waals surface area contributed by atoms with Crippen molar-refractivity contribution in [2.75, 3.05) is 64.2 Å². The van der Waals surface area contributed by atoms with E-state index < -0.39 is 11.6 Å². The van der Waals surface area contributed by atoms with Gasteiger partial charge in [-0.05, 0) is 46.3 Å². The van der Waals surface area contributed by atoms with Crippen molar-refractivity contribution in [1.82, 2.24) is 30.1 Å². The lowest BCUT2D eigenvalue weighted by Gasteiger charge is -2.26. The first-order valence-electron chi connectivity index (χ1n) is 12.2. The van der Waals surface area contributed by atoms with Crippen LogP contribution in [0.15, 0.2) is 48.7 Å². The maximum absolute atomic E-state index is 15.2. The fourth-order valence-corrected chi connectivity index (χ4v) is 4.20. The molecule has 198 valence electrons. The lowest BCUT2D eigenvalue weighted by atomic mass is 10.0. The molecule has 0 saturated carbocycles. The number of rotatable bonds is 8. The van der Waals surface area contributed by atoms with Crippen LogP contribution in [0.3, 0.4) is 0 Å². The Bertz CT molecular complexity index is 1420. The molecule has 1 aliphatic rings. The number of halogens is 2. The Hall–Kier alpha value is -4.16. The molecule has 1 aliphatic heterocycles. The molecule has 0 amide bonds. The maximum Gasteiger partial charge on any atom is 0.202 e. The third kappa shape index (κ3) is 5.27. The van der Waals surface area contributed by atoms with Crippen LogP contribution in [0.5, 0.6) is 5.75 Å². The monoisotopic (exact) mass is 522 g/mol. The SMILES string of the molecule is CN(C)c1cccc(-c2cnc(N)c(-c3nnnn3-c3ccc(OCCN4CCOCC4)c(F)c3F)c2)c1. The number of hydrogen-bond acceptors (Lipinski definition) is 9. The minimum Gasteiger partial charge on any atom is -0.489 e. The molecule has 0 spiro atoms. The van der Waals surface area contributed by atoms with Gasteiger partial charge in [-0.2, -0.15) is 9.07 Å². The Morgan fingerprint density at radius 2 is 1.87 bits per heavy atom. The Kier molecular flexibility index (Phi) is 7.43. The van der Waals surface area contributed by atoms with E-state index in [1.807, 2.05) is 43.3 Å². The Morgan fingerprint density at radius 1 is 1.05 bits per heavy atom. The second kappa shape index (κ2) is 11.1. The van der Waals surface area contributed by atoms with E-state index in [-0.39, 0.29) is 29.7 Å². The molecule has 2 N–H and O–H groups in total. The number of hydrogen-bond donors (Lipinski definition) is 1. The van der Waals surface area contributed by atoms with Gasteiger partial charge >= 0.3 is 0 Å². The Morgan fingerprint density at radius 3 is 2.66 bits per heavy atom. The maximum atomic E-state index is 15.2. The van der Waals surface area contributed by atoms with Crippen LogP contribution in [0.4, 0.5) is 20.3 Å². The van der Waals surface area contributed by atoms with Gasteiger partial charge in [0.25, 0.3) is 0 Å². The van der Waals surface area contributed by atoms with Crippen LogP contribution < -0.4 is 15.4 Å². The zero-order chi connectivity index (χ0) is 26.6. The highest BCUT2D eigenvalue weighted by atomic mass is 19.2. The second-order valence-electron chi connectivity index (χ2n) is 9.03. The van der Waals surface area contributed by atoms with Crippen LogP contribution in [-0.4, -0.2) is 83.6 Å². The number of nitrogens with two attached hydrogens (primary N) is 1. The van der Waals surface area contributed by atoms with Crippen molar-refractivity contribution in [3.63, 3.8) is 0 Å². The molecule has 5 rings (SSSR count). The average Bonchev–Trinajstić information content (AvgIpc) is 3.41. The van der Waals surface area contributed by atoms with Crippen molar-refractivity contribution >= 4 is 11.5 Å². The number of aromatic nitrogens is 5. The summed E-state index contributed by atoms with van der Waals surface area (Å²) in [4.78, 5) is 8.43. The van der Waals surface area contributed by atoms with Gasteiger partial charge in [0, 0.05) is 51.2 Å². The van der Waals surface area contributed by atoms with Crippen LogP contribution in [0.1, 0.15) is 0 Å². The molecule has 1 fully saturated rings. The zero-order valence-electron chi connectivity index (χ0n) is 21.1. The largest absolute Gasteiger partial charge is 0.489 e. The van der Waals surface area contributed by atoms with Crippen LogP contribution in [-0.2, 0) is 4.74 Å². The highest BCUT2D eigenvalue weighted by Crippen LogP contribution is 2.32. The third-order valence-electron chi connectivity index (χ3n) is 6.35. The molecule has 3 heterocycles. The Labute approximate surface area is 218 Å². The van der Waals surface area contributed by atoms with E-state index in [0.717, 1.165) is 34.6 Å². The molecular formula is C26H28F2N8O2. The minimum atomic E-state index is -1.14. The number of tetrazole rings is 1. The number of benzene rings is 2. The van der Waals surface area contributed by atoms with E-state index in [9.17, 15) is 4.39 Å². The summed E-state index contributed by atoms with van der Waals surface area (Å²) in [5, 5.41) is 11.6. The summed E-state index contributed by atoms with van der Waals surface area (Å²) in [6, 6.07) is 12.4. The lowest BCUT2D eigenvalue weighted by Crippen LogP contribution is -2.38. The fraction of sp³-hybridized carbons (Fsp3) is 0.308. The van der Waals surface area contributed by atoms with Gasteiger partial charge in [-0.15, -0.1) is 5.10 Å². The molecule has 0 unspecified atom stereocenters. The molecular weight excluding hydrogens is 494 g/mol. The van der Waals surface area contributed by atoms with Gasteiger partial charge < -0.3 is 20.1 Å². The number of pyridine rings is 1.